The average molecular weight is 380 g/mol. The van der Waals surface area contributed by atoms with Crippen LogP contribution in [0.2, 0.25) is 0 Å². The molecule has 28 heavy (non-hydrogen) atoms. The number of carbonyl (C=O) groups is 1. The SMILES string of the molecule is COC(=O)CC1COc2cc(O[C@@H]3CCc4cc(C(C)(C)C)ccc43)ccc21. The molecule has 4 rings (SSSR count). The smallest absolute Gasteiger partial charge is 0.306 e. The summed E-state index contributed by atoms with van der Waals surface area (Å²) in [6.45, 7) is 7.25. The van der Waals surface area contributed by atoms with E-state index in [1.807, 2.05) is 18.2 Å². The Kier molecular flexibility index (Phi) is 4.82. The molecular formula is C24H28O4. The lowest BCUT2D eigenvalue weighted by atomic mass is 9.85. The Bertz CT molecular complexity index is 894. The van der Waals surface area contributed by atoms with E-state index >= 15 is 0 Å². The third kappa shape index (κ3) is 3.60. The van der Waals surface area contributed by atoms with Gasteiger partial charge in [0.15, 0.2) is 0 Å². The van der Waals surface area contributed by atoms with E-state index in [-0.39, 0.29) is 23.4 Å². The number of hydrogen-bond acceptors (Lipinski definition) is 4. The molecular weight excluding hydrogens is 352 g/mol. The minimum atomic E-state index is -0.209. The van der Waals surface area contributed by atoms with E-state index in [2.05, 4.69) is 39.0 Å². The molecule has 2 aromatic rings. The molecule has 0 bridgehead atoms. The van der Waals surface area contributed by atoms with E-state index in [1.54, 1.807) is 0 Å². The van der Waals surface area contributed by atoms with E-state index < -0.39 is 0 Å². The normalized spacial score (nSPS) is 20.3. The molecule has 1 aliphatic heterocycles. The number of aryl methyl sites for hydroxylation is 1. The Labute approximate surface area is 166 Å². The fourth-order valence-electron chi connectivity index (χ4n) is 4.12. The maximum atomic E-state index is 11.6. The van der Waals surface area contributed by atoms with Crippen LogP contribution >= 0.6 is 0 Å². The van der Waals surface area contributed by atoms with E-state index in [9.17, 15) is 4.79 Å². The van der Waals surface area contributed by atoms with Gasteiger partial charge in [-0.15, -0.1) is 0 Å². The lowest BCUT2D eigenvalue weighted by Gasteiger charge is -2.21. The second-order valence-corrected chi connectivity index (χ2v) is 8.80. The summed E-state index contributed by atoms with van der Waals surface area (Å²) in [4.78, 5) is 11.6. The number of rotatable bonds is 4. The highest BCUT2D eigenvalue weighted by atomic mass is 16.5. The number of methoxy groups -OCH3 is 1. The average Bonchev–Trinajstić information content (AvgIpc) is 3.24. The lowest BCUT2D eigenvalue weighted by molar-refractivity contribution is -0.141. The first-order chi connectivity index (χ1) is 13.3. The monoisotopic (exact) mass is 380 g/mol. The van der Waals surface area contributed by atoms with Crippen LogP contribution in [0.15, 0.2) is 36.4 Å². The Hall–Kier alpha value is -2.49. The Balaban J connectivity index is 1.49. The van der Waals surface area contributed by atoms with Crippen LogP contribution in [-0.2, 0) is 21.4 Å². The molecule has 0 fully saturated rings. The molecule has 1 aliphatic carbocycles. The van der Waals surface area contributed by atoms with Gasteiger partial charge in [0, 0.05) is 17.5 Å². The van der Waals surface area contributed by atoms with Crippen molar-refractivity contribution in [3.8, 4) is 11.5 Å². The summed E-state index contributed by atoms with van der Waals surface area (Å²) < 4.78 is 16.9. The van der Waals surface area contributed by atoms with E-state index in [0.717, 1.165) is 29.9 Å². The van der Waals surface area contributed by atoms with Gasteiger partial charge in [-0.3, -0.25) is 4.79 Å². The predicted octanol–water partition coefficient (Wildman–Crippen LogP) is 5.09. The van der Waals surface area contributed by atoms with Crippen LogP contribution in [0.5, 0.6) is 11.5 Å². The molecule has 0 N–H and O–H groups in total. The van der Waals surface area contributed by atoms with E-state index in [1.165, 1.54) is 23.8 Å². The highest BCUT2D eigenvalue weighted by Gasteiger charge is 2.29. The molecule has 0 amide bonds. The maximum Gasteiger partial charge on any atom is 0.306 e. The summed E-state index contributed by atoms with van der Waals surface area (Å²) in [5.74, 6) is 1.47. The molecule has 4 nitrogen and oxygen atoms in total. The van der Waals surface area contributed by atoms with Crippen molar-refractivity contribution in [1.82, 2.24) is 0 Å². The largest absolute Gasteiger partial charge is 0.492 e. The van der Waals surface area contributed by atoms with Gasteiger partial charge in [-0.2, -0.15) is 0 Å². The van der Waals surface area contributed by atoms with Gasteiger partial charge in [0.1, 0.15) is 17.6 Å². The van der Waals surface area contributed by atoms with E-state index in [0.29, 0.717) is 13.0 Å². The third-order valence-corrected chi connectivity index (χ3v) is 5.82. The van der Waals surface area contributed by atoms with Gasteiger partial charge in [0.2, 0.25) is 0 Å². The quantitative estimate of drug-likeness (QED) is 0.693. The molecule has 0 saturated carbocycles. The molecule has 1 heterocycles. The van der Waals surface area contributed by atoms with Crippen molar-refractivity contribution in [2.24, 2.45) is 0 Å². The second kappa shape index (κ2) is 7.16. The van der Waals surface area contributed by atoms with Crippen LogP contribution < -0.4 is 9.47 Å². The number of fused-ring (bicyclic) bond motifs is 2. The minimum Gasteiger partial charge on any atom is -0.492 e. The van der Waals surface area contributed by atoms with Gasteiger partial charge in [0.25, 0.3) is 0 Å². The van der Waals surface area contributed by atoms with Crippen LogP contribution in [0.3, 0.4) is 0 Å². The first-order valence-corrected chi connectivity index (χ1v) is 9.98. The van der Waals surface area contributed by atoms with Crippen molar-refractivity contribution in [3.05, 3.63) is 58.7 Å². The summed E-state index contributed by atoms with van der Waals surface area (Å²) in [7, 11) is 1.42. The van der Waals surface area contributed by atoms with Crippen LogP contribution in [-0.4, -0.2) is 19.7 Å². The standard InChI is InChI=1S/C24H28O4/c1-24(2,3)17-6-8-19-15(11-17)5-10-21(19)28-18-7-9-20-16(12-23(25)26-4)14-27-22(20)13-18/h6-9,11,13,16,21H,5,10,12,14H2,1-4H3/t16?,21-/m1/s1. The summed E-state index contributed by atoms with van der Waals surface area (Å²) in [5.41, 5.74) is 5.27. The van der Waals surface area contributed by atoms with Crippen molar-refractivity contribution >= 4 is 5.97 Å². The molecule has 0 aromatic heterocycles. The molecule has 2 aliphatic rings. The van der Waals surface area contributed by atoms with Gasteiger partial charge < -0.3 is 14.2 Å². The summed E-state index contributed by atoms with van der Waals surface area (Å²) >= 11 is 0. The topological polar surface area (TPSA) is 44.8 Å². The summed E-state index contributed by atoms with van der Waals surface area (Å²) in [6.07, 6.45) is 2.46. The highest BCUT2D eigenvalue weighted by Crippen LogP contribution is 2.41. The molecule has 148 valence electrons. The van der Waals surface area contributed by atoms with Gasteiger partial charge in [-0.25, -0.2) is 0 Å². The first-order valence-electron chi connectivity index (χ1n) is 9.98. The number of hydrogen-bond donors (Lipinski definition) is 0. The maximum absolute atomic E-state index is 11.6. The zero-order valence-electron chi connectivity index (χ0n) is 17.1. The van der Waals surface area contributed by atoms with Gasteiger partial charge in [0.05, 0.1) is 20.1 Å². The van der Waals surface area contributed by atoms with Crippen molar-refractivity contribution in [2.75, 3.05) is 13.7 Å². The van der Waals surface area contributed by atoms with Crippen molar-refractivity contribution < 1.29 is 19.0 Å². The van der Waals surface area contributed by atoms with Crippen molar-refractivity contribution in [2.45, 2.75) is 57.5 Å². The highest BCUT2D eigenvalue weighted by molar-refractivity contribution is 5.71. The zero-order valence-corrected chi connectivity index (χ0v) is 17.1. The Morgan fingerprint density at radius 2 is 1.93 bits per heavy atom. The molecule has 2 aromatic carbocycles. The fraction of sp³-hybridized carbons (Fsp3) is 0.458. The Morgan fingerprint density at radius 3 is 2.68 bits per heavy atom. The molecule has 4 heteroatoms. The van der Waals surface area contributed by atoms with Crippen LogP contribution in [0.1, 0.15) is 67.9 Å². The molecule has 0 spiro atoms. The van der Waals surface area contributed by atoms with Crippen molar-refractivity contribution in [3.63, 3.8) is 0 Å². The van der Waals surface area contributed by atoms with E-state index in [4.69, 9.17) is 14.2 Å². The minimum absolute atomic E-state index is 0.0551. The van der Waals surface area contributed by atoms with Crippen LogP contribution in [0, 0.1) is 0 Å². The molecule has 1 unspecified atom stereocenters. The third-order valence-electron chi connectivity index (χ3n) is 5.82. The van der Waals surface area contributed by atoms with Gasteiger partial charge in [-0.1, -0.05) is 45.0 Å². The zero-order chi connectivity index (χ0) is 19.9. The number of carbonyl (C=O) groups excluding carboxylic acids is 1. The first kappa shape index (κ1) is 18.9. The van der Waals surface area contributed by atoms with Crippen LogP contribution in [0.4, 0.5) is 0 Å². The number of benzene rings is 2. The van der Waals surface area contributed by atoms with Gasteiger partial charge >= 0.3 is 5.97 Å². The number of esters is 1. The fourth-order valence-corrected chi connectivity index (χ4v) is 4.12. The lowest BCUT2D eigenvalue weighted by Crippen LogP contribution is -2.11. The molecule has 0 saturated heterocycles. The van der Waals surface area contributed by atoms with Crippen LogP contribution in [0.25, 0.3) is 0 Å². The molecule has 2 atom stereocenters. The summed E-state index contributed by atoms with van der Waals surface area (Å²) in [6, 6.07) is 12.7. The number of ether oxygens (including phenoxy) is 3. The Morgan fingerprint density at radius 1 is 1.14 bits per heavy atom. The second-order valence-electron chi connectivity index (χ2n) is 8.80. The van der Waals surface area contributed by atoms with Gasteiger partial charge in [-0.05, 0) is 41.0 Å². The van der Waals surface area contributed by atoms with Crippen molar-refractivity contribution in [1.29, 1.82) is 0 Å². The molecule has 0 radical (unpaired) electrons. The predicted molar refractivity (Wildman–Crippen MR) is 108 cm³/mol. The summed E-state index contributed by atoms with van der Waals surface area (Å²) in [5, 5.41) is 0.